The van der Waals surface area contributed by atoms with Gasteiger partial charge in [-0.3, -0.25) is 4.79 Å². The molecule has 1 unspecified atom stereocenters. The topological polar surface area (TPSA) is 46.5 Å². The molecule has 0 radical (unpaired) electrons. The largest absolute Gasteiger partial charge is 0.494 e. The van der Waals surface area contributed by atoms with Crippen LogP contribution in [0.2, 0.25) is 0 Å². The molecular weight excluding hydrogens is 348 g/mol. The van der Waals surface area contributed by atoms with Gasteiger partial charge in [0.05, 0.1) is 12.5 Å². The molecule has 28 heavy (non-hydrogen) atoms. The number of rotatable bonds is 14. The highest BCUT2D eigenvalue weighted by molar-refractivity contribution is 5.86. The average Bonchev–Trinajstić information content (AvgIpc) is 2.71. The van der Waals surface area contributed by atoms with Gasteiger partial charge in [0.1, 0.15) is 5.75 Å². The Balaban J connectivity index is 1.66. The third kappa shape index (κ3) is 7.53. The van der Waals surface area contributed by atoms with Gasteiger partial charge in [0.2, 0.25) is 0 Å². The summed E-state index contributed by atoms with van der Waals surface area (Å²) in [6.45, 7) is 4.74. The fraction of sp³-hybridized carbons (Fsp3) is 0.560. The molecule has 0 aliphatic carbocycles. The zero-order chi connectivity index (χ0) is 20.2. The van der Waals surface area contributed by atoms with E-state index in [2.05, 4.69) is 6.92 Å². The van der Waals surface area contributed by atoms with E-state index in [-0.39, 0.29) is 0 Å². The van der Waals surface area contributed by atoms with Crippen molar-refractivity contribution in [2.45, 2.75) is 84.0 Å². The summed E-state index contributed by atoms with van der Waals surface area (Å²) in [6.07, 6.45) is 13.3. The third-order valence-corrected chi connectivity index (χ3v) is 5.47. The number of fused-ring (bicyclic) bond motifs is 1. The van der Waals surface area contributed by atoms with Gasteiger partial charge in [-0.15, -0.1) is 0 Å². The van der Waals surface area contributed by atoms with Crippen molar-refractivity contribution in [3.63, 3.8) is 0 Å². The van der Waals surface area contributed by atoms with Gasteiger partial charge in [-0.1, -0.05) is 89.0 Å². The molecule has 0 fully saturated rings. The van der Waals surface area contributed by atoms with Crippen LogP contribution in [0.1, 0.15) is 89.5 Å². The molecule has 0 bridgehead atoms. The fourth-order valence-corrected chi connectivity index (χ4v) is 3.52. The Bertz CT molecular complexity index is 723. The lowest BCUT2D eigenvalue weighted by molar-refractivity contribution is -0.138. The quantitative estimate of drug-likeness (QED) is 0.347. The standard InChI is InChI=1S/C25H36O3/c1-3-4-5-6-7-8-9-10-11-12-17-28-24-16-15-22-18-21(20(2)25(26)27)13-14-23(22)19-24/h13-16,18-20H,3-12,17H2,1-2H3,(H,26,27). The summed E-state index contributed by atoms with van der Waals surface area (Å²) < 4.78 is 5.91. The predicted molar refractivity (Wildman–Crippen MR) is 117 cm³/mol. The molecule has 0 spiro atoms. The van der Waals surface area contributed by atoms with Crippen molar-refractivity contribution in [2.75, 3.05) is 6.61 Å². The maximum Gasteiger partial charge on any atom is 0.310 e. The first-order chi connectivity index (χ1) is 13.6. The molecule has 0 aliphatic rings. The van der Waals surface area contributed by atoms with Crippen LogP contribution in [0.25, 0.3) is 10.8 Å². The molecule has 3 nitrogen and oxygen atoms in total. The van der Waals surface area contributed by atoms with Crippen LogP contribution in [0, 0.1) is 0 Å². The van der Waals surface area contributed by atoms with E-state index in [1.807, 2.05) is 36.4 Å². The molecular formula is C25H36O3. The Morgan fingerprint density at radius 2 is 1.43 bits per heavy atom. The van der Waals surface area contributed by atoms with Crippen LogP contribution in [-0.4, -0.2) is 17.7 Å². The number of carboxylic acids is 1. The summed E-state index contributed by atoms with van der Waals surface area (Å²) in [4.78, 5) is 11.2. The van der Waals surface area contributed by atoms with Gasteiger partial charge < -0.3 is 9.84 Å². The zero-order valence-electron chi connectivity index (χ0n) is 17.6. The van der Waals surface area contributed by atoms with Gasteiger partial charge in [0, 0.05) is 0 Å². The van der Waals surface area contributed by atoms with Crippen LogP contribution in [0.4, 0.5) is 0 Å². The first-order valence-electron chi connectivity index (χ1n) is 11.0. The maximum absolute atomic E-state index is 11.2. The monoisotopic (exact) mass is 384 g/mol. The summed E-state index contributed by atoms with van der Waals surface area (Å²) >= 11 is 0. The van der Waals surface area contributed by atoms with Crippen molar-refractivity contribution in [1.82, 2.24) is 0 Å². The Labute approximate surface area is 170 Å². The van der Waals surface area contributed by atoms with Crippen LogP contribution >= 0.6 is 0 Å². The molecule has 3 heteroatoms. The fourth-order valence-electron chi connectivity index (χ4n) is 3.52. The molecule has 2 aromatic rings. The van der Waals surface area contributed by atoms with Crippen molar-refractivity contribution < 1.29 is 14.6 Å². The highest BCUT2D eigenvalue weighted by Gasteiger charge is 2.13. The number of hydrogen-bond acceptors (Lipinski definition) is 2. The Kier molecular flexibility index (Phi) is 9.88. The molecule has 0 aliphatic heterocycles. The second kappa shape index (κ2) is 12.4. The Hall–Kier alpha value is -2.03. The average molecular weight is 385 g/mol. The molecule has 154 valence electrons. The van der Waals surface area contributed by atoms with Gasteiger partial charge in [0.15, 0.2) is 0 Å². The van der Waals surface area contributed by atoms with Crippen molar-refractivity contribution in [2.24, 2.45) is 0 Å². The van der Waals surface area contributed by atoms with E-state index < -0.39 is 11.9 Å². The van der Waals surface area contributed by atoms with Crippen LogP contribution < -0.4 is 4.74 Å². The lowest BCUT2D eigenvalue weighted by atomic mass is 9.98. The van der Waals surface area contributed by atoms with E-state index in [4.69, 9.17) is 9.84 Å². The number of hydrogen-bond donors (Lipinski definition) is 1. The van der Waals surface area contributed by atoms with E-state index in [1.165, 1.54) is 57.8 Å². The van der Waals surface area contributed by atoms with Gasteiger partial charge in [-0.05, 0) is 41.8 Å². The van der Waals surface area contributed by atoms with Crippen LogP contribution in [0.5, 0.6) is 5.75 Å². The van der Waals surface area contributed by atoms with Crippen LogP contribution in [-0.2, 0) is 4.79 Å². The van der Waals surface area contributed by atoms with Gasteiger partial charge >= 0.3 is 5.97 Å². The molecule has 0 saturated heterocycles. The Morgan fingerprint density at radius 1 is 0.857 bits per heavy atom. The summed E-state index contributed by atoms with van der Waals surface area (Å²) in [5.41, 5.74) is 0.832. The molecule has 2 aromatic carbocycles. The normalized spacial score (nSPS) is 12.2. The number of benzene rings is 2. The minimum absolute atomic E-state index is 0.489. The van der Waals surface area contributed by atoms with Gasteiger partial charge in [-0.2, -0.15) is 0 Å². The first-order valence-corrected chi connectivity index (χ1v) is 11.0. The van der Waals surface area contributed by atoms with E-state index >= 15 is 0 Å². The number of unbranched alkanes of at least 4 members (excludes halogenated alkanes) is 9. The number of aliphatic carboxylic acids is 1. The van der Waals surface area contributed by atoms with E-state index in [0.29, 0.717) is 0 Å². The predicted octanol–water partition coefficient (Wildman–Crippen LogP) is 7.33. The lowest BCUT2D eigenvalue weighted by Gasteiger charge is -2.10. The second-order valence-corrected chi connectivity index (χ2v) is 7.86. The zero-order valence-corrected chi connectivity index (χ0v) is 17.6. The van der Waals surface area contributed by atoms with Crippen molar-refractivity contribution in [3.8, 4) is 5.75 Å². The SMILES string of the molecule is CCCCCCCCCCCCOc1ccc2cc(C(C)C(=O)O)ccc2c1. The van der Waals surface area contributed by atoms with E-state index in [9.17, 15) is 4.79 Å². The number of carbonyl (C=O) groups is 1. The Morgan fingerprint density at radius 3 is 2.07 bits per heavy atom. The molecule has 0 aromatic heterocycles. The highest BCUT2D eigenvalue weighted by Crippen LogP contribution is 2.25. The number of ether oxygens (including phenoxy) is 1. The summed E-state index contributed by atoms with van der Waals surface area (Å²) in [5, 5.41) is 11.3. The minimum Gasteiger partial charge on any atom is -0.494 e. The molecule has 2 rings (SSSR count). The molecule has 1 N–H and O–H groups in total. The lowest BCUT2D eigenvalue weighted by Crippen LogP contribution is -2.07. The highest BCUT2D eigenvalue weighted by atomic mass is 16.5. The van der Waals surface area contributed by atoms with Crippen molar-refractivity contribution >= 4 is 16.7 Å². The smallest absolute Gasteiger partial charge is 0.310 e. The van der Waals surface area contributed by atoms with Crippen LogP contribution in [0.3, 0.4) is 0 Å². The summed E-state index contributed by atoms with van der Waals surface area (Å²) in [5.74, 6) is -0.394. The van der Waals surface area contributed by atoms with Gasteiger partial charge in [-0.25, -0.2) is 0 Å². The van der Waals surface area contributed by atoms with Crippen LogP contribution in [0.15, 0.2) is 36.4 Å². The second-order valence-electron chi connectivity index (χ2n) is 7.86. The molecule has 0 amide bonds. The first kappa shape index (κ1) is 22.3. The minimum atomic E-state index is -0.796. The van der Waals surface area contributed by atoms with Crippen molar-refractivity contribution in [1.29, 1.82) is 0 Å². The summed E-state index contributed by atoms with van der Waals surface area (Å²) in [6, 6.07) is 11.9. The van der Waals surface area contributed by atoms with E-state index in [0.717, 1.165) is 35.1 Å². The number of carboxylic acid groups (broad SMARTS) is 1. The van der Waals surface area contributed by atoms with E-state index in [1.54, 1.807) is 6.92 Å². The molecule has 0 heterocycles. The van der Waals surface area contributed by atoms with Gasteiger partial charge in [0.25, 0.3) is 0 Å². The molecule has 1 atom stereocenters. The summed E-state index contributed by atoms with van der Waals surface area (Å²) in [7, 11) is 0. The van der Waals surface area contributed by atoms with Crippen molar-refractivity contribution in [3.05, 3.63) is 42.0 Å². The molecule has 0 saturated carbocycles. The maximum atomic E-state index is 11.2. The third-order valence-electron chi connectivity index (χ3n) is 5.47.